The maximum absolute atomic E-state index is 11.5. The first kappa shape index (κ1) is 19.1. The van der Waals surface area contributed by atoms with E-state index < -0.39 is 0 Å². The molecule has 0 aliphatic carbocycles. The largest absolute Gasteiger partial charge is 0.325 e. The average Bonchev–Trinajstić information content (AvgIpc) is 2.97. The van der Waals surface area contributed by atoms with Crippen LogP contribution in [0.15, 0.2) is 53.5 Å². The van der Waals surface area contributed by atoms with Crippen molar-refractivity contribution in [1.82, 2.24) is 3.96 Å². The molecule has 5 nitrogen and oxygen atoms in total. The van der Waals surface area contributed by atoms with Gasteiger partial charge in [-0.3, -0.25) is 10.2 Å². The number of nitrogens with zero attached hydrogens (tertiary/aromatic N) is 2. The summed E-state index contributed by atoms with van der Waals surface area (Å²) in [5, 5.41) is 12.1. The molecule has 0 fully saturated rings. The lowest BCUT2D eigenvalue weighted by Crippen LogP contribution is -2.28. The third kappa shape index (κ3) is 4.35. The van der Waals surface area contributed by atoms with Gasteiger partial charge >= 0.3 is 0 Å². The Morgan fingerprint density at radius 3 is 2.48 bits per heavy atom. The van der Waals surface area contributed by atoms with Gasteiger partial charge in [0.2, 0.25) is 5.96 Å². The van der Waals surface area contributed by atoms with Crippen molar-refractivity contribution in [1.29, 1.82) is 5.41 Å². The summed E-state index contributed by atoms with van der Waals surface area (Å²) in [6.07, 6.45) is 0. The van der Waals surface area contributed by atoms with E-state index in [9.17, 15) is 4.79 Å². The van der Waals surface area contributed by atoms with Crippen molar-refractivity contribution in [3.63, 3.8) is 0 Å². The van der Waals surface area contributed by atoms with Crippen LogP contribution in [-0.2, 0) is 0 Å². The molecule has 27 heavy (non-hydrogen) atoms. The van der Waals surface area contributed by atoms with Crippen molar-refractivity contribution in [2.75, 3.05) is 5.32 Å². The molecular weight excluding hydrogens is 380 g/mol. The lowest BCUT2D eigenvalue weighted by molar-refractivity contribution is 0.101. The molecule has 7 heteroatoms. The minimum Gasteiger partial charge on any atom is -0.325 e. The molecule has 0 aliphatic heterocycles. The van der Waals surface area contributed by atoms with Crippen molar-refractivity contribution in [3.8, 4) is 0 Å². The predicted molar refractivity (Wildman–Crippen MR) is 112 cm³/mol. The molecule has 3 aromatic rings. The van der Waals surface area contributed by atoms with E-state index in [-0.39, 0.29) is 5.78 Å². The minimum absolute atomic E-state index is 0.0155. The van der Waals surface area contributed by atoms with E-state index in [2.05, 4.69) is 5.32 Å². The summed E-state index contributed by atoms with van der Waals surface area (Å²) in [7, 11) is 0. The summed E-state index contributed by atoms with van der Waals surface area (Å²) in [5.41, 5.74) is 3.35. The van der Waals surface area contributed by atoms with Gasteiger partial charge in [0.25, 0.3) is 0 Å². The Kier molecular flexibility index (Phi) is 5.58. The van der Waals surface area contributed by atoms with Crippen LogP contribution in [0.25, 0.3) is 0 Å². The molecule has 0 spiro atoms. The number of aryl methyl sites for hydroxylation is 1. The van der Waals surface area contributed by atoms with Gasteiger partial charge in [-0.1, -0.05) is 29.2 Å². The topological polar surface area (TPSA) is 70.2 Å². The lowest BCUT2D eigenvalue weighted by atomic mass is 10.1. The summed E-state index contributed by atoms with van der Waals surface area (Å²) in [6.45, 7) is 5.39. The van der Waals surface area contributed by atoms with Gasteiger partial charge in [0.05, 0.1) is 5.69 Å². The third-order valence-corrected chi connectivity index (χ3v) is 5.37. The van der Waals surface area contributed by atoms with Crippen LogP contribution in [0.2, 0.25) is 5.02 Å². The smallest absolute Gasteiger partial charge is 0.223 e. The Bertz CT molecular complexity index is 1080. The summed E-state index contributed by atoms with van der Waals surface area (Å²) in [6, 6.07) is 14.5. The number of carbonyl (C=O) groups is 1. The molecule has 2 aromatic carbocycles. The van der Waals surface area contributed by atoms with Gasteiger partial charge in [-0.2, -0.15) is 0 Å². The third-order valence-electron chi connectivity index (χ3n) is 4.00. The molecule has 0 aliphatic rings. The van der Waals surface area contributed by atoms with Gasteiger partial charge in [0, 0.05) is 21.2 Å². The number of anilines is 1. The molecule has 0 amide bonds. The number of Topliss-reactive ketones (excluding diaryl/α,β-unsaturated/α-hetero) is 1. The van der Waals surface area contributed by atoms with Gasteiger partial charge in [0.1, 0.15) is 5.49 Å². The zero-order valence-electron chi connectivity index (χ0n) is 15.2. The second-order valence-corrected chi connectivity index (χ2v) is 7.70. The molecule has 2 N–H and O–H groups in total. The Balaban J connectivity index is 2.06. The Morgan fingerprint density at radius 1 is 1.19 bits per heavy atom. The number of carbonyl (C=O) groups excluding carboxylic acids is 1. The first-order valence-electron chi connectivity index (χ1n) is 8.32. The molecule has 1 heterocycles. The van der Waals surface area contributed by atoms with Crippen LogP contribution in [0.3, 0.4) is 0 Å². The normalized spacial score (nSPS) is 11.5. The molecule has 0 bridgehead atoms. The highest BCUT2D eigenvalue weighted by atomic mass is 35.5. The maximum Gasteiger partial charge on any atom is 0.223 e. The fourth-order valence-electron chi connectivity index (χ4n) is 2.50. The zero-order valence-corrected chi connectivity index (χ0v) is 16.8. The van der Waals surface area contributed by atoms with E-state index in [1.807, 2.05) is 44.2 Å². The number of nitrogens with one attached hydrogen (secondary N) is 2. The molecule has 138 valence electrons. The number of aromatic nitrogens is 1. The van der Waals surface area contributed by atoms with Crippen molar-refractivity contribution >= 4 is 46.3 Å². The second kappa shape index (κ2) is 7.90. The van der Waals surface area contributed by atoms with Crippen molar-refractivity contribution in [3.05, 3.63) is 75.0 Å². The molecule has 0 saturated carbocycles. The second-order valence-electron chi connectivity index (χ2n) is 6.10. The number of aliphatic imine (C=N–C) groups is 1. The molecular formula is C20H19ClN4OS. The minimum atomic E-state index is 0.0155. The van der Waals surface area contributed by atoms with Gasteiger partial charge in [-0.25, -0.2) is 8.95 Å². The van der Waals surface area contributed by atoms with E-state index in [0.29, 0.717) is 22.0 Å². The molecule has 0 atom stereocenters. The Morgan fingerprint density at radius 2 is 1.89 bits per heavy atom. The fraction of sp³-hybridized carbons (Fsp3) is 0.150. The average molecular weight is 399 g/mol. The standard InChI is InChI=1S/C20H19ClN4OS/c1-12-11-19(22)25(27-12)20(24-18-6-4-5-17(21)13(18)2)23-16-9-7-15(8-10-16)14(3)26/h4-11,22H,1-3H3,(H,23,24). The van der Waals surface area contributed by atoms with Gasteiger partial charge in [-0.05, 0) is 68.8 Å². The van der Waals surface area contributed by atoms with E-state index in [0.717, 1.165) is 21.8 Å². The molecule has 0 unspecified atom stereocenters. The van der Waals surface area contributed by atoms with E-state index in [1.54, 1.807) is 22.2 Å². The summed E-state index contributed by atoms with van der Waals surface area (Å²) in [5.74, 6) is 0.515. The maximum atomic E-state index is 11.5. The SMILES string of the molecule is CC(=O)c1ccc(NC(=Nc2cccc(Cl)c2C)n2sc(C)cc2=N)cc1. The summed E-state index contributed by atoms with van der Waals surface area (Å²) in [4.78, 5) is 17.2. The van der Waals surface area contributed by atoms with E-state index in [4.69, 9.17) is 22.0 Å². The highest BCUT2D eigenvalue weighted by Crippen LogP contribution is 2.26. The highest BCUT2D eigenvalue weighted by molar-refractivity contribution is 7.07. The summed E-state index contributed by atoms with van der Waals surface area (Å²) >= 11 is 7.65. The van der Waals surface area contributed by atoms with Crippen LogP contribution in [0.4, 0.5) is 11.4 Å². The van der Waals surface area contributed by atoms with Crippen LogP contribution >= 0.6 is 23.1 Å². The molecule has 3 rings (SSSR count). The van der Waals surface area contributed by atoms with Crippen molar-refractivity contribution < 1.29 is 4.79 Å². The number of ketones is 1. The highest BCUT2D eigenvalue weighted by Gasteiger charge is 2.10. The fourth-order valence-corrected chi connectivity index (χ4v) is 3.45. The number of hydrogen-bond acceptors (Lipinski definition) is 4. The van der Waals surface area contributed by atoms with E-state index in [1.165, 1.54) is 18.5 Å². The Hall–Kier alpha value is -2.70. The summed E-state index contributed by atoms with van der Waals surface area (Å²) < 4.78 is 1.72. The quantitative estimate of drug-likeness (QED) is 0.364. The van der Waals surface area contributed by atoms with Crippen LogP contribution in [0, 0.1) is 19.3 Å². The number of benzene rings is 2. The monoisotopic (exact) mass is 398 g/mol. The molecule has 0 saturated heterocycles. The number of rotatable bonds is 3. The first-order chi connectivity index (χ1) is 12.8. The van der Waals surface area contributed by atoms with Gasteiger partial charge in [0.15, 0.2) is 5.78 Å². The van der Waals surface area contributed by atoms with Crippen molar-refractivity contribution in [2.45, 2.75) is 20.8 Å². The zero-order chi connectivity index (χ0) is 19.6. The van der Waals surface area contributed by atoms with Crippen molar-refractivity contribution in [2.24, 2.45) is 4.99 Å². The molecule has 1 aromatic heterocycles. The van der Waals surface area contributed by atoms with Gasteiger partial charge in [-0.15, -0.1) is 0 Å². The van der Waals surface area contributed by atoms with Gasteiger partial charge < -0.3 is 5.32 Å². The van der Waals surface area contributed by atoms with E-state index >= 15 is 0 Å². The first-order valence-corrected chi connectivity index (χ1v) is 9.47. The Labute approximate surface area is 166 Å². The van der Waals surface area contributed by atoms with Crippen LogP contribution < -0.4 is 10.8 Å². The van der Waals surface area contributed by atoms with Crippen LogP contribution in [0.5, 0.6) is 0 Å². The number of hydrogen-bond donors (Lipinski definition) is 2. The van der Waals surface area contributed by atoms with Crippen LogP contribution in [0.1, 0.15) is 27.7 Å². The predicted octanol–water partition coefficient (Wildman–Crippen LogP) is 5.15. The lowest BCUT2D eigenvalue weighted by Gasteiger charge is -2.12. The molecule has 0 radical (unpaired) electrons. The number of halogens is 1. The van der Waals surface area contributed by atoms with Crippen LogP contribution in [-0.4, -0.2) is 15.7 Å².